The summed E-state index contributed by atoms with van der Waals surface area (Å²) in [5.41, 5.74) is 0.524. The second-order valence-corrected chi connectivity index (χ2v) is 5.28. The van der Waals surface area contributed by atoms with Crippen molar-refractivity contribution in [3.8, 4) is 5.75 Å². The van der Waals surface area contributed by atoms with Gasteiger partial charge in [0.15, 0.2) is 5.75 Å². The van der Waals surface area contributed by atoms with Crippen molar-refractivity contribution in [1.82, 2.24) is 5.32 Å². The lowest BCUT2D eigenvalue weighted by molar-refractivity contribution is 0.234. The Morgan fingerprint density at radius 2 is 2.30 bits per heavy atom. The van der Waals surface area contributed by atoms with E-state index in [9.17, 15) is 4.79 Å². The molecule has 0 heterocycles. The van der Waals surface area contributed by atoms with Gasteiger partial charge in [0.2, 0.25) is 0 Å². The summed E-state index contributed by atoms with van der Waals surface area (Å²) in [5.74, 6) is 0.920. The number of ether oxygens (including phenoxy) is 1. The Morgan fingerprint density at radius 3 is 2.90 bits per heavy atom. The van der Waals surface area contributed by atoms with Crippen molar-refractivity contribution in [2.45, 2.75) is 25.3 Å². The molecule has 1 aromatic carbocycles. The number of hydrogen-bond acceptors (Lipinski definition) is 3. The Kier molecular flexibility index (Phi) is 5.09. The fourth-order valence-electron chi connectivity index (χ4n) is 2.20. The molecule has 1 aromatic rings. The number of hydrogen-bond donors (Lipinski definition) is 3. The molecular formula is C14H19ClN2O3. The largest absolute Gasteiger partial charge is 0.493 e. The van der Waals surface area contributed by atoms with E-state index >= 15 is 0 Å². The molecule has 110 valence electrons. The fraction of sp³-hybridized carbons (Fsp3) is 0.500. The van der Waals surface area contributed by atoms with Gasteiger partial charge in [-0.05, 0) is 37.3 Å². The number of benzene rings is 1. The average molecular weight is 299 g/mol. The van der Waals surface area contributed by atoms with Gasteiger partial charge in [-0.2, -0.15) is 0 Å². The molecule has 5 nitrogen and oxygen atoms in total. The quantitative estimate of drug-likeness (QED) is 0.756. The van der Waals surface area contributed by atoms with Crippen molar-refractivity contribution in [2.75, 3.05) is 19.0 Å². The summed E-state index contributed by atoms with van der Waals surface area (Å²) in [6.07, 6.45) is 2.78. The second kappa shape index (κ2) is 6.81. The maximum Gasteiger partial charge on any atom is 0.319 e. The van der Waals surface area contributed by atoms with E-state index in [2.05, 4.69) is 10.6 Å². The van der Waals surface area contributed by atoms with E-state index < -0.39 is 0 Å². The highest BCUT2D eigenvalue weighted by molar-refractivity contribution is 6.32. The predicted molar refractivity (Wildman–Crippen MR) is 78.4 cm³/mol. The van der Waals surface area contributed by atoms with E-state index in [4.69, 9.17) is 21.4 Å². The summed E-state index contributed by atoms with van der Waals surface area (Å²) in [6.45, 7) is 0.0714. The van der Waals surface area contributed by atoms with Crippen LogP contribution in [0.1, 0.15) is 19.3 Å². The lowest BCUT2D eigenvalue weighted by Gasteiger charge is -2.18. The van der Waals surface area contributed by atoms with Crippen LogP contribution in [0.3, 0.4) is 0 Å². The number of para-hydroxylation sites is 1. The normalized spacial score (nSPS) is 15.6. The van der Waals surface area contributed by atoms with E-state index in [1.165, 1.54) is 7.11 Å². The first-order valence-corrected chi connectivity index (χ1v) is 7.04. The maximum atomic E-state index is 12.0. The third-order valence-electron chi connectivity index (χ3n) is 3.37. The highest BCUT2D eigenvalue weighted by atomic mass is 35.5. The van der Waals surface area contributed by atoms with E-state index in [-0.39, 0.29) is 18.7 Å². The molecule has 0 unspecified atom stereocenters. The molecular weight excluding hydrogens is 280 g/mol. The number of anilines is 1. The molecule has 3 N–H and O–H groups in total. The van der Waals surface area contributed by atoms with Crippen LogP contribution in [0.25, 0.3) is 0 Å². The van der Waals surface area contributed by atoms with Gasteiger partial charge in [-0.1, -0.05) is 17.7 Å². The standard InChI is InChI=1S/C14H19ClN2O3/c1-20-13-10(15)3-2-4-12(13)17-14(19)16-11(7-8-18)9-5-6-9/h2-4,9,11,18H,5-8H2,1H3,(H2,16,17,19)/t11-/m1/s1. The fourth-order valence-corrected chi connectivity index (χ4v) is 2.46. The first-order chi connectivity index (χ1) is 9.65. The topological polar surface area (TPSA) is 70.6 Å². The highest BCUT2D eigenvalue weighted by Gasteiger charge is 2.31. The number of aliphatic hydroxyl groups is 1. The minimum absolute atomic E-state index is 0.0187. The number of nitrogens with one attached hydrogen (secondary N) is 2. The van der Waals surface area contributed by atoms with Crippen molar-refractivity contribution in [2.24, 2.45) is 5.92 Å². The zero-order chi connectivity index (χ0) is 14.5. The van der Waals surface area contributed by atoms with Crippen LogP contribution in [0, 0.1) is 5.92 Å². The number of methoxy groups -OCH3 is 1. The van der Waals surface area contributed by atoms with Gasteiger partial charge in [0.05, 0.1) is 17.8 Å². The van der Waals surface area contributed by atoms with Crippen molar-refractivity contribution in [3.63, 3.8) is 0 Å². The molecule has 6 heteroatoms. The summed E-state index contributed by atoms with van der Waals surface area (Å²) in [6, 6.07) is 4.87. The van der Waals surface area contributed by atoms with Gasteiger partial charge in [0.1, 0.15) is 0 Å². The van der Waals surface area contributed by atoms with Gasteiger partial charge >= 0.3 is 6.03 Å². The zero-order valence-electron chi connectivity index (χ0n) is 11.4. The monoisotopic (exact) mass is 298 g/mol. The Labute approximate surface area is 123 Å². The molecule has 0 spiro atoms. The summed E-state index contributed by atoms with van der Waals surface area (Å²) in [5, 5.41) is 15.1. The third-order valence-corrected chi connectivity index (χ3v) is 3.66. The summed E-state index contributed by atoms with van der Waals surface area (Å²) in [4.78, 5) is 12.0. The van der Waals surface area contributed by atoms with Gasteiger partial charge < -0.3 is 20.5 Å². The number of aliphatic hydroxyl groups excluding tert-OH is 1. The molecule has 2 rings (SSSR count). The Morgan fingerprint density at radius 1 is 1.55 bits per heavy atom. The van der Waals surface area contributed by atoms with Gasteiger partial charge in [0.25, 0.3) is 0 Å². The minimum atomic E-state index is -0.309. The van der Waals surface area contributed by atoms with E-state index in [0.29, 0.717) is 28.8 Å². The molecule has 0 radical (unpaired) electrons. The molecule has 1 fully saturated rings. The molecule has 1 saturated carbocycles. The summed E-state index contributed by atoms with van der Waals surface area (Å²) in [7, 11) is 1.50. The summed E-state index contributed by atoms with van der Waals surface area (Å²) < 4.78 is 5.17. The summed E-state index contributed by atoms with van der Waals surface area (Å²) >= 11 is 6.00. The molecule has 0 saturated heterocycles. The number of amides is 2. The molecule has 0 bridgehead atoms. The number of carbonyl (C=O) groups excluding carboxylic acids is 1. The van der Waals surface area contributed by atoms with Crippen LogP contribution in [0.5, 0.6) is 5.75 Å². The van der Waals surface area contributed by atoms with Gasteiger partial charge in [0, 0.05) is 12.6 Å². The Balaban J connectivity index is 1.98. The molecule has 1 aliphatic carbocycles. The van der Waals surface area contributed by atoms with Gasteiger partial charge in [-0.15, -0.1) is 0 Å². The van der Waals surface area contributed by atoms with Crippen molar-refractivity contribution >= 4 is 23.3 Å². The van der Waals surface area contributed by atoms with E-state index in [0.717, 1.165) is 12.8 Å². The third kappa shape index (κ3) is 3.77. The molecule has 20 heavy (non-hydrogen) atoms. The van der Waals surface area contributed by atoms with Crippen molar-refractivity contribution in [1.29, 1.82) is 0 Å². The van der Waals surface area contributed by atoms with Gasteiger partial charge in [-0.25, -0.2) is 4.79 Å². The van der Waals surface area contributed by atoms with Crippen LogP contribution < -0.4 is 15.4 Å². The smallest absolute Gasteiger partial charge is 0.319 e. The molecule has 1 atom stereocenters. The second-order valence-electron chi connectivity index (χ2n) is 4.88. The van der Waals surface area contributed by atoms with E-state index in [1.807, 2.05) is 0 Å². The average Bonchev–Trinajstić information content (AvgIpc) is 3.23. The lowest BCUT2D eigenvalue weighted by atomic mass is 10.1. The zero-order valence-corrected chi connectivity index (χ0v) is 12.1. The Bertz CT molecular complexity index is 477. The van der Waals surface area contributed by atoms with Crippen LogP contribution in [0.15, 0.2) is 18.2 Å². The van der Waals surface area contributed by atoms with Crippen molar-refractivity contribution < 1.29 is 14.6 Å². The Hall–Kier alpha value is -1.46. The SMILES string of the molecule is COc1c(Cl)cccc1NC(=O)N[C@H](CCO)C1CC1. The molecule has 0 aromatic heterocycles. The van der Waals surface area contributed by atoms with Crippen LogP contribution in [-0.2, 0) is 0 Å². The molecule has 1 aliphatic rings. The lowest BCUT2D eigenvalue weighted by Crippen LogP contribution is -2.39. The minimum Gasteiger partial charge on any atom is -0.493 e. The maximum absolute atomic E-state index is 12.0. The molecule has 0 aliphatic heterocycles. The number of urea groups is 1. The van der Waals surface area contributed by atoms with Crippen molar-refractivity contribution in [3.05, 3.63) is 23.2 Å². The predicted octanol–water partition coefficient (Wildman–Crippen LogP) is 2.63. The van der Waals surface area contributed by atoms with Crippen LogP contribution >= 0.6 is 11.6 Å². The number of halogens is 1. The highest BCUT2D eigenvalue weighted by Crippen LogP contribution is 2.34. The first kappa shape index (κ1) is 14.9. The van der Waals surface area contributed by atoms with Gasteiger partial charge in [-0.3, -0.25) is 0 Å². The molecule has 2 amide bonds. The van der Waals surface area contributed by atoms with Crippen LogP contribution in [0.2, 0.25) is 5.02 Å². The first-order valence-electron chi connectivity index (χ1n) is 6.66. The van der Waals surface area contributed by atoms with E-state index in [1.54, 1.807) is 18.2 Å². The number of carbonyl (C=O) groups is 1. The van der Waals surface area contributed by atoms with Crippen LogP contribution in [0.4, 0.5) is 10.5 Å². The van der Waals surface area contributed by atoms with Crippen LogP contribution in [-0.4, -0.2) is 30.9 Å². The number of rotatable bonds is 6.